The van der Waals surface area contributed by atoms with E-state index in [4.69, 9.17) is 14.2 Å². The first-order valence-electron chi connectivity index (χ1n) is 11.4. The fraction of sp³-hybridized carbons (Fsp3) is 0.462. The van der Waals surface area contributed by atoms with Gasteiger partial charge in [0.1, 0.15) is 5.75 Å². The van der Waals surface area contributed by atoms with Crippen molar-refractivity contribution in [3.63, 3.8) is 0 Å². The number of fused-ring (bicyclic) bond motifs is 7. The molecule has 3 aromatic carbocycles. The molecule has 0 aromatic heterocycles. The number of nitrogens with zero attached hydrogens (tertiary/aromatic N) is 2. The van der Waals surface area contributed by atoms with E-state index in [0.29, 0.717) is 6.04 Å². The van der Waals surface area contributed by atoms with Crippen LogP contribution < -0.4 is 14.2 Å². The summed E-state index contributed by atoms with van der Waals surface area (Å²) in [5.41, 5.74) is 2.95. The Labute approximate surface area is 183 Å². The Balaban J connectivity index is 1.56. The Morgan fingerprint density at radius 1 is 0.710 bits per heavy atom. The molecule has 2 heterocycles. The van der Waals surface area contributed by atoms with Gasteiger partial charge in [0.05, 0.1) is 28.0 Å². The van der Waals surface area contributed by atoms with Crippen molar-refractivity contribution in [2.75, 3.05) is 34.5 Å². The summed E-state index contributed by atoms with van der Waals surface area (Å²) in [6.07, 6.45) is 5.11. The van der Waals surface area contributed by atoms with Crippen molar-refractivity contribution in [1.29, 1.82) is 0 Å². The lowest BCUT2D eigenvalue weighted by molar-refractivity contribution is 0.0218. The minimum absolute atomic E-state index is 0.620. The molecule has 1 saturated heterocycles. The maximum absolute atomic E-state index is 5.68. The van der Waals surface area contributed by atoms with Crippen molar-refractivity contribution in [3.8, 4) is 17.2 Å². The Hall–Kier alpha value is -2.50. The van der Waals surface area contributed by atoms with Gasteiger partial charge in [0.25, 0.3) is 0 Å². The van der Waals surface area contributed by atoms with Gasteiger partial charge in [-0.2, -0.15) is 0 Å². The lowest BCUT2D eigenvalue weighted by atomic mass is 9.83. The number of methoxy groups -OCH3 is 3. The molecule has 0 N–H and O–H groups in total. The van der Waals surface area contributed by atoms with E-state index in [1.165, 1.54) is 58.5 Å². The smallest absolute Gasteiger partial charge is 0.161 e. The minimum Gasteiger partial charge on any atom is -0.497 e. The monoisotopic (exact) mass is 418 g/mol. The van der Waals surface area contributed by atoms with Crippen molar-refractivity contribution in [2.45, 2.75) is 44.3 Å². The van der Waals surface area contributed by atoms with Gasteiger partial charge in [-0.3, -0.25) is 9.80 Å². The zero-order valence-corrected chi connectivity index (χ0v) is 18.6. The second-order valence-electron chi connectivity index (χ2n) is 9.20. The van der Waals surface area contributed by atoms with Gasteiger partial charge in [0.2, 0.25) is 0 Å². The summed E-state index contributed by atoms with van der Waals surface area (Å²) in [6, 6.07) is 12.3. The van der Waals surface area contributed by atoms with Crippen LogP contribution in [0.15, 0.2) is 30.3 Å². The van der Waals surface area contributed by atoms with E-state index in [2.05, 4.69) is 40.1 Å². The highest BCUT2D eigenvalue weighted by Crippen LogP contribution is 2.44. The Bertz CT molecular complexity index is 1170. The van der Waals surface area contributed by atoms with Gasteiger partial charge in [-0.25, -0.2) is 0 Å². The van der Waals surface area contributed by atoms with Crippen LogP contribution in [0, 0.1) is 0 Å². The Kier molecular flexibility index (Phi) is 4.51. The van der Waals surface area contributed by atoms with E-state index in [0.717, 1.165) is 42.9 Å². The highest BCUT2D eigenvalue weighted by molar-refractivity contribution is 6.12. The fourth-order valence-electron chi connectivity index (χ4n) is 5.73. The van der Waals surface area contributed by atoms with E-state index in [1.54, 1.807) is 21.3 Å². The quantitative estimate of drug-likeness (QED) is 0.580. The molecule has 0 amide bonds. The van der Waals surface area contributed by atoms with E-state index in [-0.39, 0.29) is 0 Å². The average molecular weight is 419 g/mol. The highest BCUT2D eigenvalue weighted by atomic mass is 16.5. The molecule has 0 unspecified atom stereocenters. The molecular weight excluding hydrogens is 388 g/mol. The van der Waals surface area contributed by atoms with Crippen molar-refractivity contribution in [1.82, 2.24) is 9.80 Å². The van der Waals surface area contributed by atoms with Crippen molar-refractivity contribution >= 4 is 21.5 Å². The first kappa shape index (κ1) is 19.2. The molecule has 1 saturated carbocycles. The number of ether oxygens (including phenoxy) is 3. The topological polar surface area (TPSA) is 34.2 Å². The van der Waals surface area contributed by atoms with E-state index in [1.807, 2.05) is 0 Å². The minimum atomic E-state index is 0.620. The summed E-state index contributed by atoms with van der Waals surface area (Å²) in [5.74, 6) is 2.45. The van der Waals surface area contributed by atoms with Crippen LogP contribution in [0.25, 0.3) is 21.5 Å². The third-order valence-corrected chi connectivity index (χ3v) is 7.55. The van der Waals surface area contributed by atoms with Crippen LogP contribution in [-0.2, 0) is 13.0 Å². The zero-order valence-electron chi connectivity index (χ0n) is 18.6. The number of hydrogen-bond acceptors (Lipinski definition) is 5. The lowest BCUT2D eigenvalue weighted by Gasteiger charge is -2.45. The lowest BCUT2D eigenvalue weighted by Crippen LogP contribution is -2.53. The summed E-state index contributed by atoms with van der Waals surface area (Å²) in [7, 11) is 5.15. The van der Waals surface area contributed by atoms with Crippen molar-refractivity contribution in [3.05, 3.63) is 41.5 Å². The van der Waals surface area contributed by atoms with Gasteiger partial charge >= 0.3 is 0 Å². The van der Waals surface area contributed by atoms with Gasteiger partial charge in [0, 0.05) is 25.2 Å². The van der Waals surface area contributed by atoms with E-state index in [9.17, 15) is 0 Å². The second-order valence-corrected chi connectivity index (χ2v) is 9.20. The number of hydrogen-bond donors (Lipinski definition) is 0. The summed E-state index contributed by atoms with van der Waals surface area (Å²) in [4.78, 5) is 5.40. The molecule has 0 spiro atoms. The van der Waals surface area contributed by atoms with Crippen LogP contribution >= 0.6 is 0 Å². The molecule has 5 heteroatoms. The summed E-state index contributed by atoms with van der Waals surface area (Å²) in [6.45, 7) is 3.35. The van der Waals surface area contributed by atoms with Gasteiger partial charge in [-0.05, 0) is 82.6 Å². The van der Waals surface area contributed by atoms with Crippen LogP contribution in [0.3, 0.4) is 0 Å². The van der Waals surface area contributed by atoms with Crippen LogP contribution in [0.4, 0.5) is 0 Å². The average Bonchev–Trinajstić information content (AvgIpc) is 3.67. The van der Waals surface area contributed by atoms with Crippen LogP contribution in [0.2, 0.25) is 0 Å². The molecule has 3 aromatic rings. The SMILES string of the molecule is COc1ccc2c3c(c4cc(OC)c(OC)cc4c2c1)C[C@H]1CCN(C2CC2)CN1C3. The van der Waals surface area contributed by atoms with Crippen LogP contribution in [0.1, 0.15) is 30.4 Å². The van der Waals surface area contributed by atoms with Crippen LogP contribution in [-0.4, -0.2) is 56.4 Å². The number of rotatable bonds is 4. The maximum Gasteiger partial charge on any atom is 0.161 e. The van der Waals surface area contributed by atoms with Gasteiger partial charge in [-0.15, -0.1) is 0 Å². The molecule has 162 valence electrons. The zero-order chi connectivity index (χ0) is 21.1. The normalized spacial score (nSPS) is 21.7. The largest absolute Gasteiger partial charge is 0.497 e. The number of benzene rings is 3. The molecule has 1 aliphatic carbocycles. The predicted octanol–water partition coefficient (Wildman–Crippen LogP) is 4.57. The summed E-state index contributed by atoms with van der Waals surface area (Å²) in [5, 5.41) is 5.06. The van der Waals surface area contributed by atoms with E-state index < -0.39 is 0 Å². The Morgan fingerprint density at radius 3 is 2.16 bits per heavy atom. The van der Waals surface area contributed by atoms with Crippen molar-refractivity contribution < 1.29 is 14.2 Å². The third kappa shape index (κ3) is 3.06. The van der Waals surface area contributed by atoms with E-state index >= 15 is 0 Å². The molecule has 31 heavy (non-hydrogen) atoms. The van der Waals surface area contributed by atoms with Crippen molar-refractivity contribution in [2.24, 2.45) is 0 Å². The summed E-state index contributed by atoms with van der Waals surface area (Å²) < 4.78 is 16.9. The van der Waals surface area contributed by atoms with Crippen LogP contribution in [0.5, 0.6) is 17.2 Å². The fourth-order valence-corrected chi connectivity index (χ4v) is 5.73. The first-order valence-corrected chi connectivity index (χ1v) is 11.4. The molecule has 6 rings (SSSR count). The molecule has 3 aliphatic rings. The molecule has 5 nitrogen and oxygen atoms in total. The standard InChI is InChI=1S/C26H30N2O3/c1-29-18-6-7-19-21(11-18)23-13-26(31-3)25(30-2)12-22(23)20-10-17-8-9-27(16-4-5-16)15-28(17)14-24(19)20/h6-7,11-13,16-17H,4-5,8-10,14-15H2,1-3H3/t17-/m1/s1. The second kappa shape index (κ2) is 7.28. The molecule has 2 aliphatic heterocycles. The van der Waals surface area contributed by atoms with Gasteiger partial charge < -0.3 is 14.2 Å². The Morgan fingerprint density at radius 2 is 1.45 bits per heavy atom. The van der Waals surface area contributed by atoms with Gasteiger partial charge in [-0.1, -0.05) is 6.07 Å². The molecular formula is C26H30N2O3. The molecule has 1 atom stereocenters. The third-order valence-electron chi connectivity index (χ3n) is 7.55. The van der Waals surface area contributed by atoms with Gasteiger partial charge in [0.15, 0.2) is 11.5 Å². The maximum atomic E-state index is 5.68. The molecule has 0 radical (unpaired) electrons. The molecule has 2 fully saturated rings. The summed E-state index contributed by atoms with van der Waals surface area (Å²) >= 11 is 0. The first-order chi connectivity index (χ1) is 15.2. The predicted molar refractivity (Wildman–Crippen MR) is 123 cm³/mol. The highest BCUT2D eigenvalue weighted by Gasteiger charge is 2.38. The molecule has 0 bridgehead atoms.